The van der Waals surface area contributed by atoms with Crippen LogP contribution in [0.1, 0.15) is 20.3 Å². The van der Waals surface area contributed by atoms with Crippen LogP contribution in [0.2, 0.25) is 0 Å². The van der Waals surface area contributed by atoms with Crippen LogP contribution in [0, 0.1) is 0 Å². The molecule has 0 amide bonds. The van der Waals surface area contributed by atoms with Gasteiger partial charge in [0.25, 0.3) is 0 Å². The number of nitrogens with zero attached hydrogens (tertiary/aromatic N) is 1. The van der Waals surface area contributed by atoms with Crippen LogP contribution in [-0.4, -0.2) is 22.3 Å². The maximum Gasteiger partial charge on any atom is 0.145 e. The number of rotatable bonds is 4. The van der Waals surface area contributed by atoms with Crippen molar-refractivity contribution in [1.29, 1.82) is 0 Å². The molecule has 1 heterocycles. The Bertz CT molecular complexity index is 503. The van der Waals surface area contributed by atoms with E-state index in [1.165, 1.54) is 0 Å². The SMILES string of the molecule is CCC(C)(O)COc1cccc2cccnc12. The quantitative estimate of drug-likeness (QED) is 0.879. The van der Waals surface area contributed by atoms with Crippen molar-refractivity contribution in [2.75, 3.05) is 6.61 Å². The fraction of sp³-hybridized carbons (Fsp3) is 0.357. The fourth-order valence-electron chi connectivity index (χ4n) is 1.53. The largest absolute Gasteiger partial charge is 0.488 e. The molecule has 3 nitrogen and oxygen atoms in total. The van der Waals surface area contributed by atoms with E-state index in [4.69, 9.17) is 4.74 Å². The average Bonchev–Trinajstić information content (AvgIpc) is 2.36. The average molecular weight is 231 g/mol. The zero-order valence-corrected chi connectivity index (χ0v) is 10.2. The van der Waals surface area contributed by atoms with E-state index in [1.807, 2.05) is 37.3 Å². The molecule has 1 atom stereocenters. The molecule has 0 bridgehead atoms. The number of ether oxygens (including phenoxy) is 1. The third kappa shape index (κ3) is 2.74. The Hall–Kier alpha value is -1.61. The van der Waals surface area contributed by atoms with Gasteiger partial charge in [-0.25, -0.2) is 0 Å². The van der Waals surface area contributed by atoms with E-state index < -0.39 is 5.60 Å². The first-order valence-electron chi connectivity index (χ1n) is 5.81. The van der Waals surface area contributed by atoms with Crippen LogP contribution in [0.5, 0.6) is 5.75 Å². The molecule has 90 valence electrons. The topological polar surface area (TPSA) is 42.4 Å². The van der Waals surface area contributed by atoms with E-state index in [1.54, 1.807) is 13.1 Å². The summed E-state index contributed by atoms with van der Waals surface area (Å²) in [5.41, 5.74) is 0.0404. The first-order valence-corrected chi connectivity index (χ1v) is 5.81. The van der Waals surface area contributed by atoms with E-state index >= 15 is 0 Å². The third-order valence-corrected chi connectivity index (χ3v) is 2.90. The molecule has 0 fully saturated rings. The Balaban J connectivity index is 2.24. The van der Waals surface area contributed by atoms with Gasteiger partial charge in [0.1, 0.15) is 17.9 Å². The summed E-state index contributed by atoms with van der Waals surface area (Å²) in [6.45, 7) is 3.98. The first kappa shape index (κ1) is 11.9. The van der Waals surface area contributed by atoms with Gasteiger partial charge in [-0.15, -0.1) is 0 Å². The first-order chi connectivity index (χ1) is 8.12. The number of aromatic nitrogens is 1. The minimum absolute atomic E-state index is 0.277. The van der Waals surface area contributed by atoms with Crippen LogP contribution < -0.4 is 4.74 Å². The van der Waals surface area contributed by atoms with E-state index in [0.717, 1.165) is 16.7 Å². The summed E-state index contributed by atoms with van der Waals surface area (Å²) >= 11 is 0. The molecule has 0 aliphatic heterocycles. The summed E-state index contributed by atoms with van der Waals surface area (Å²) in [6.07, 6.45) is 2.40. The Morgan fingerprint density at radius 3 is 2.82 bits per heavy atom. The van der Waals surface area contributed by atoms with Crippen molar-refractivity contribution in [3.05, 3.63) is 36.5 Å². The Morgan fingerprint density at radius 1 is 1.29 bits per heavy atom. The maximum absolute atomic E-state index is 9.91. The Labute approximate surface area is 101 Å². The minimum atomic E-state index is -0.795. The van der Waals surface area contributed by atoms with Crippen LogP contribution in [0.3, 0.4) is 0 Å². The Morgan fingerprint density at radius 2 is 2.06 bits per heavy atom. The van der Waals surface area contributed by atoms with Crippen molar-refractivity contribution in [3.8, 4) is 5.75 Å². The molecule has 17 heavy (non-hydrogen) atoms. The predicted molar refractivity (Wildman–Crippen MR) is 68.2 cm³/mol. The van der Waals surface area contributed by atoms with Crippen LogP contribution in [0.15, 0.2) is 36.5 Å². The molecule has 0 spiro atoms. The smallest absolute Gasteiger partial charge is 0.145 e. The number of hydrogen-bond donors (Lipinski definition) is 1. The van der Waals surface area contributed by atoms with Crippen molar-refractivity contribution < 1.29 is 9.84 Å². The molecule has 0 radical (unpaired) electrons. The standard InChI is InChI=1S/C14H17NO2/c1-3-14(2,16)10-17-12-8-4-6-11-7-5-9-15-13(11)12/h4-9,16H,3,10H2,1-2H3. The van der Waals surface area contributed by atoms with Gasteiger partial charge < -0.3 is 9.84 Å². The number of para-hydroxylation sites is 1. The monoisotopic (exact) mass is 231 g/mol. The van der Waals surface area contributed by atoms with Crippen molar-refractivity contribution in [1.82, 2.24) is 4.98 Å². The predicted octanol–water partition coefficient (Wildman–Crippen LogP) is 2.77. The molecule has 0 saturated carbocycles. The lowest BCUT2D eigenvalue weighted by atomic mass is 10.1. The lowest BCUT2D eigenvalue weighted by Crippen LogP contribution is -2.31. The van der Waals surface area contributed by atoms with Gasteiger partial charge in [0, 0.05) is 11.6 Å². The van der Waals surface area contributed by atoms with Gasteiger partial charge in [-0.05, 0) is 25.5 Å². The van der Waals surface area contributed by atoms with Crippen LogP contribution >= 0.6 is 0 Å². The van der Waals surface area contributed by atoms with Crippen LogP contribution in [0.25, 0.3) is 10.9 Å². The van der Waals surface area contributed by atoms with Crippen molar-refractivity contribution in [2.24, 2.45) is 0 Å². The molecule has 1 N–H and O–H groups in total. The van der Waals surface area contributed by atoms with Crippen LogP contribution in [-0.2, 0) is 0 Å². The normalized spacial score (nSPS) is 14.5. The van der Waals surface area contributed by atoms with Crippen molar-refractivity contribution in [3.63, 3.8) is 0 Å². The van der Waals surface area contributed by atoms with Gasteiger partial charge >= 0.3 is 0 Å². The van der Waals surface area contributed by atoms with E-state index in [2.05, 4.69) is 4.98 Å². The molecule has 3 heteroatoms. The molecule has 1 unspecified atom stereocenters. The molecule has 1 aromatic heterocycles. The fourth-order valence-corrected chi connectivity index (χ4v) is 1.53. The lowest BCUT2D eigenvalue weighted by molar-refractivity contribution is 0.00891. The second-order valence-electron chi connectivity index (χ2n) is 4.47. The molecule has 2 rings (SSSR count). The molecule has 0 aliphatic rings. The summed E-state index contributed by atoms with van der Waals surface area (Å²) in [5.74, 6) is 0.719. The van der Waals surface area contributed by atoms with Gasteiger partial charge in [0.2, 0.25) is 0 Å². The van der Waals surface area contributed by atoms with E-state index in [-0.39, 0.29) is 6.61 Å². The second kappa shape index (κ2) is 4.72. The number of fused-ring (bicyclic) bond motifs is 1. The Kier molecular flexibility index (Phi) is 3.29. The van der Waals surface area contributed by atoms with Gasteiger partial charge in [-0.1, -0.05) is 25.1 Å². The lowest BCUT2D eigenvalue weighted by Gasteiger charge is -2.21. The second-order valence-corrected chi connectivity index (χ2v) is 4.47. The summed E-state index contributed by atoms with van der Waals surface area (Å²) in [7, 11) is 0. The highest BCUT2D eigenvalue weighted by Crippen LogP contribution is 2.24. The van der Waals surface area contributed by atoms with E-state index in [9.17, 15) is 5.11 Å². The third-order valence-electron chi connectivity index (χ3n) is 2.90. The van der Waals surface area contributed by atoms with Gasteiger partial charge in [-0.3, -0.25) is 4.98 Å². The molecular formula is C14H17NO2. The summed E-state index contributed by atoms with van der Waals surface area (Å²) in [4.78, 5) is 4.30. The van der Waals surface area contributed by atoms with Crippen LogP contribution in [0.4, 0.5) is 0 Å². The summed E-state index contributed by atoms with van der Waals surface area (Å²) < 4.78 is 5.66. The highest BCUT2D eigenvalue weighted by Gasteiger charge is 2.18. The zero-order valence-electron chi connectivity index (χ0n) is 10.2. The van der Waals surface area contributed by atoms with E-state index in [0.29, 0.717) is 6.42 Å². The molecular weight excluding hydrogens is 214 g/mol. The summed E-state index contributed by atoms with van der Waals surface area (Å²) in [5, 5.41) is 11.0. The number of aliphatic hydroxyl groups is 1. The maximum atomic E-state index is 9.91. The number of benzene rings is 1. The van der Waals surface area contributed by atoms with Crippen molar-refractivity contribution in [2.45, 2.75) is 25.9 Å². The number of pyridine rings is 1. The summed E-state index contributed by atoms with van der Waals surface area (Å²) in [6, 6.07) is 9.69. The molecule has 0 saturated heterocycles. The minimum Gasteiger partial charge on any atom is -0.488 e. The number of hydrogen-bond acceptors (Lipinski definition) is 3. The molecule has 0 aliphatic carbocycles. The van der Waals surface area contributed by atoms with Gasteiger partial charge in [-0.2, -0.15) is 0 Å². The zero-order chi connectivity index (χ0) is 12.3. The highest BCUT2D eigenvalue weighted by atomic mass is 16.5. The van der Waals surface area contributed by atoms with Gasteiger partial charge in [0.05, 0.1) is 5.60 Å². The molecule has 2 aromatic rings. The van der Waals surface area contributed by atoms with Gasteiger partial charge in [0.15, 0.2) is 0 Å². The molecule has 1 aromatic carbocycles. The highest BCUT2D eigenvalue weighted by molar-refractivity contribution is 5.84. The van der Waals surface area contributed by atoms with Crippen molar-refractivity contribution >= 4 is 10.9 Å².